The van der Waals surface area contributed by atoms with Gasteiger partial charge < -0.3 is 10.6 Å². The van der Waals surface area contributed by atoms with E-state index in [0.29, 0.717) is 21.4 Å². The number of nitrogens with zero attached hydrogens (tertiary/aromatic N) is 1. The summed E-state index contributed by atoms with van der Waals surface area (Å²) in [7, 11) is 0. The van der Waals surface area contributed by atoms with Gasteiger partial charge in [0.05, 0.1) is 21.4 Å². The van der Waals surface area contributed by atoms with E-state index in [1.807, 2.05) is 6.07 Å². The number of halogens is 2. The fraction of sp³-hybridized carbons (Fsp3) is 0. The van der Waals surface area contributed by atoms with Crippen molar-refractivity contribution >= 4 is 40.5 Å². The number of para-hydroxylation sites is 2. The number of hydrogen-bond acceptors (Lipinski definition) is 3. The SMILES string of the molecule is N#C/C(=C/Nc1ccccc1Cl)C(=O)Nc1ccccc1Cl. The molecule has 0 bridgehead atoms. The van der Waals surface area contributed by atoms with Crippen molar-refractivity contribution in [3.8, 4) is 6.07 Å². The van der Waals surface area contributed by atoms with Gasteiger partial charge in [-0.2, -0.15) is 5.26 Å². The number of nitriles is 1. The molecule has 1 amide bonds. The normalized spacial score (nSPS) is 10.7. The summed E-state index contributed by atoms with van der Waals surface area (Å²) in [6.07, 6.45) is 1.30. The summed E-state index contributed by atoms with van der Waals surface area (Å²) < 4.78 is 0. The van der Waals surface area contributed by atoms with E-state index in [4.69, 9.17) is 28.5 Å². The molecule has 110 valence electrons. The zero-order chi connectivity index (χ0) is 15.9. The predicted octanol–water partition coefficient (Wildman–Crippen LogP) is 4.45. The van der Waals surface area contributed by atoms with Crippen LogP contribution < -0.4 is 10.6 Å². The maximum Gasteiger partial charge on any atom is 0.267 e. The van der Waals surface area contributed by atoms with Gasteiger partial charge in [0, 0.05) is 6.20 Å². The Morgan fingerprint density at radius 3 is 2.09 bits per heavy atom. The van der Waals surface area contributed by atoms with E-state index < -0.39 is 5.91 Å². The van der Waals surface area contributed by atoms with E-state index in [-0.39, 0.29) is 5.57 Å². The average molecular weight is 332 g/mol. The summed E-state index contributed by atoms with van der Waals surface area (Å²) in [5, 5.41) is 15.4. The number of benzene rings is 2. The number of anilines is 2. The summed E-state index contributed by atoms with van der Waals surface area (Å²) >= 11 is 11.9. The highest BCUT2D eigenvalue weighted by atomic mass is 35.5. The first kappa shape index (κ1) is 15.9. The lowest BCUT2D eigenvalue weighted by atomic mass is 10.2. The van der Waals surface area contributed by atoms with Gasteiger partial charge in [0.15, 0.2) is 0 Å². The second-order valence-corrected chi connectivity index (χ2v) is 5.04. The lowest BCUT2D eigenvalue weighted by Gasteiger charge is -2.07. The first-order valence-electron chi connectivity index (χ1n) is 6.29. The fourth-order valence-electron chi connectivity index (χ4n) is 1.63. The molecule has 0 unspecified atom stereocenters. The minimum absolute atomic E-state index is 0.0974. The Bertz CT molecular complexity index is 766. The average Bonchev–Trinajstić information content (AvgIpc) is 2.52. The molecule has 2 N–H and O–H groups in total. The Hall–Kier alpha value is -2.48. The Morgan fingerprint density at radius 1 is 1.00 bits per heavy atom. The van der Waals surface area contributed by atoms with Crippen LogP contribution in [-0.2, 0) is 4.79 Å². The lowest BCUT2D eigenvalue weighted by molar-refractivity contribution is -0.112. The molecule has 2 aromatic rings. The highest BCUT2D eigenvalue weighted by molar-refractivity contribution is 6.34. The van der Waals surface area contributed by atoms with Crippen LogP contribution in [0.3, 0.4) is 0 Å². The van der Waals surface area contributed by atoms with Crippen molar-refractivity contribution in [1.82, 2.24) is 0 Å². The summed E-state index contributed by atoms with van der Waals surface area (Å²) in [5.41, 5.74) is 0.940. The molecule has 0 saturated heterocycles. The first-order valence-corrected chi connectivity index (χ1v) is 7.04. The minimum Gasteiger partial charge on any atom is -0.359 e. The Morgan fingerprint density at radius 2 is 1.55 bits per heavy atom. The maximum absolute atomic E-state index is 12.1. The summed E-state index contributed by atoms with van der Waals surface area (Å²) in [6, 6.07) is 15.6. The van der Waals surface area contributed by atoms with Crippen molar-refractivity contribution in [2.75, 3.05) is 10.6 Å². The summed E-state index contributed by atoms with van der Waals surface area (Å²) in [5.74, 6) is -0.560. The Labute approximate surface area is 138 Å². The molecule has 6 heteroatoms. The number of amides is 1. The van der Waals surface area contributed by atoms with E-state index >= 15 is 0 Å². The molecular weight excluding hydrogens is 321 g/mol. The van der Waals surface area contributed by atoms with Crippen LogP contribution in [0, 0.1) is 11.3 Å². The van der Waals surface area contributed by atoms with Crippen LogP contribution in [0.2, 0.25) is 10.0 Å². The van der Waals surface area contributed by atoms with E-state index in [2.05, 4.69) is 10.6 Å². The maximum atomic E-state index is 12.1. The Balaban J connectivity index is 2.13. The molecule has 0 heterocycles. The van der Waals surface area contributed by atoms with Gasteiger partial charge in [-0.05, 0) is 24.3 Å². The highest BCUT2D eigenvalue weighted by Gasteiger charge is 2.11. The van der Waals surface area contributed by atoms with Crippen LogP contribution in [0.25, 0.3) is 0 Å². The van der Waals surface area contributed by atoms with Crippen molar-refractivity contribution in [3.63, 3.8) is 0 Å². The molecular formula is C16H11Cl2N3O. The second-order valence-electron chi connectivity index (χ2n) is 4.23. The van der Waals surface area contributed by atoms with Gasteiger partial charge >= 0.3 is 0 Å². The van der Waals surface area contributed by atoms with Gasteiger partial charge in [0.1, 0.15) is 11.6 Å². The topological polar surface area (TPSA) is 64.9 Å². The molecule has 0 aromatic heterocycles. The Kier molecular flexibility index (Phi) is 5.42. The molecule has 0 aliphatic heterocycles. The molecule has 0 fully saturated rings. The second kappa shape index (κ2) is 7.51. The van der Waals surface area contributed by atoms with Crippen LogP contribution in [0.1, 0.15) is 0 Å². The molecule has 0 atom stereocenters. The molecule has 0 aliphatic rings. The predicted molar refractivity (Wildman–Crippen MR) is 88.9 cm³/mol. The number of rotatable bonds is 4. The number of carbonyl (C=O) groups is 1. The van der Waals surface area contributed by atoms with Crippen molar-refractivity contribution < 1.29 is 4.79 Å². The molecule has 2 aromatic carbocycles. The van der Waals surface area contributed by atoms with Gasteiger partial charge in [-0.1, -0.05) is 47.5 Å². The van der Waals surface area contributed by atoms with Crippen LogP contribution in [0.5, 0.6) is 0 Å². The van der Waals surface area contributed by atoms with E-state index in [1.165, 1.54) is 6.20 Å². The molecule has 0 saturated carbocycles. The van der Waals surface area contributed by atoms with Gasteiger partial charge in [-0.3, -0.25) is 4.79 Å². The molecule has 2 rings (SSSR count). The third-order valence-corrected chi connectivity index (χ3v) is 3.39. The van der Waals surface area contributed by atoms with E-state index in [1.54, 1.807) is 48.5 Å². The van der Waals surface area contributed by atoms with Crippen LogP contribution in [0.4, 0.5) is 11.4 Å². The molecule has 0 spiro atoms. The highest BCUT2D eigenvalue weighted by Crippen LogP contribution is 2.22. The zero-order valence-corrected chi connectivity index (χ0v) is 12.8. The van der Waals surface area contributed by atoms with Crippen LogP contribution >= 0.6 is 23.2 Å². The number of hydrogen-bond donors (Lipinski definition) is 2. The minimum atomic E-state index is -0.560. The van der Waals surface area contributed by atoms with Crippen molar-refractivity contribution in [2.24, 2.45) is 0 Å². The van der Waals surface area contributed by atoms with Crippen LogP contribution in [-0.4, -0.2) is 5.91 Å². The quantitative estimate of drug-likeness (QED) is 0.642. The van der Waals surface area contributed by atoms with E-state index in [9.17, 15) is 4.79 Å². The van der Waals surface area contributed by atoms with Crippen molar-refractivity contribution in [1.29, 1.82) is 5.26 Å². The largest absolute Gasteiger partial charge is 0.359 e. The molecule has 0 radical (unpaired) electrons. The standard InChI is InChI=1S/C16H11Cl2N3O/c17-12-5-1-3-7-14(12)20-10-11(9-19)16(22)21-15-8-4-2-6-13(15)18/h1-8,10,20H,(H,21,22)/b11-10-. The first-order chi connectivity index (χ1) is 10.6. The lowest BCUT2D eigenvalue weighted by Crippen LogP contribution is -2.14. The fourth-order valence-corrected chi connectivity index (χ4v) is 2.00. The monoisotopic (exact) mass is 331 g/mol. The van der Waals surface area contributed by atoms with E-state index in [0.717, 1.165) is 0 Å². The van der Waals surface area contributed by atoms with Gasteiger partial charge in [0.2, 0.25) is 0 Å². The molecule has 4 nitrogen and oxygen atoms in total. The third kappa shape index (κ3) is 4.01. The van der Waals surface area contributed by atoms with Gasteiger partial charge in [0.25, 0.3) is 5.91 Å². The van der Waals surface area contributed by atoms with Crippen molar-refractivity contribution in [2.45, 2.75) is 0 Å². The van der Waals surface area contributed by atoms with Gasteiger partial charge in [-0.15, -0.1) is 0 Å². The van der Waals surface area contributed by atoms with Crippen molar-refractivity contribution in [3.05, 3.63) is 70.3 Å². The summed E-state index contributed by atoms with van der Waals surface area (Å²) in [4.78, 5) is 12.1. The van der Waals surface area contributed by atoms with Crippen LogP contribution in [0.15, 0.2) is 60.3 Å². The molecule has 22 heavy (non-hydrogen) atoms. The number of nitrogens with one attached hydrogen (secondary N) is 2. The van der Waals surface area contributed by atoms with Gasteiger partial charge in [-0.25, -0.2) is 0 Å². The summed E-state index contributed by atoms with van der Waals surface area (Å²) in [6.45, 7) is 0. The third-order valence-electron chi connectivity index (χ3n) is 2.73. The smallest absolute Gasteiger partial charge is 0.267 e. The molecule has 0 aliphatic carbocycles. The number of carbonyl (C=O) groups excluding carboxylic acids is 1. The zero-order valence-electron chi connectivity index (χ0n) is 11.3.